The van der Waals surface area contributed by atoms with E-state index in [1.807, 2.05) is 0 Å². The third-order valence-electron chi connectivity index (χ3n) is 1.51. The normalized spacial score (nSPS) is 11.3. The van der Waals surface area contributed by atoms with E-state index in [9.17, 15) is 13.2 Å². The Morgan fingerprint density at radius 3 is 2.62 bits per heavy atom. The molecule has 0 unspecified atom stereocenters. The van der Waals surface area contributed by atoms with Crippen LogP contribution in [0.4, 0.5) is 0 Å². The van der Waals surface area contributed by atoms with E-state index in [2.05, 4.69) is 15.7 Å². The molecule has 0 atom stereocenters. The average Bonchev–Trinajstić information content (AvgIpc) is 2.64. The Balaban J connectivity index is 2.90. The van der Waals surface area contributed by atoms with Gasteiger partial charge in [0.1, 0.15) is 0 Å². The van der Waals surface area contributed by atoms with Gasteiger partial charge in [0.15, 0.2) is 0 Å². The van der Waals surface area contributed by atoms with Gasteiger partial charge in [-0.3, -0.25) is 0 Å². The van der Waals surface area contributed by atoms with E-state index in [0.29, 0.717) is 0 Å². The van der Waals surface area contributed by atoms with Crippen molar-refractivity contribution in [2.75, 3.05) is 6.54 Å². The van der Waals surface area contributed by atoms with E-state index in [1.54, 1.807) is 0 Å². The minimum absolute atomic E-state index is 0.105. The minimum Gasteiger partial charge on any atom is -0.475 e. The number of aromatic carboxylic acids is 1. The van der Waals surface area contributed by atoms with Crippen molar-refractivity contribution < 1.29 is 22.7 Å². The summed E-state index contributed by atoms with van der Waals surface area (Å²) in [5, 5.41) is 8.16. The fraction of sp³-hybridized carbons (Fsp3) is 0.125. The third kappa shape index (κ3) is 3.09. The summed E-state index contributed by atoms with van der Waals surface area (Å²) in [7, 11) is -3.89. The van der Waals surface area contributed by atoms with Crippen molar-refractivity contribution in [2.45, 2.75) is 5.09 Å². The van der Waals surface area contributed by atoms with Gasteiger partial charge in [0.25, 0.3) is 10.0 Å². The van der Waals surface area contributed by atoms with Gasteiger partial charge in [-0.15, -0.1) is 0 Å². The van der Waals surface area contributed by atoms with Crippen molar-refractivity contribution in [2.24, 2.45) is 0 Å². The minimum atomic E-state index is -3.89. The molecule has 0 bridgehead atoms. The summed E-state index contributed by atoms with van der Waals surface area (Å²) in [6.07, 6.45) is 0. The number of nitrogens with one attached hydrogen (secondary N) is 1. The molecule has 1 aromatic heterocycles. The SMILES string of the molecule is C=C(Cl)CNS(=O)(=O)c1ccc(C(=O)O)o1. The van der Waals surface area contributed by atoms with E-state index in [-0.39, 0.29) is 11.6 Å². The lowest BCUT2D eigenvalue weighted by atomic mass is 10.5. The van der Waals surface area contributed by atoms with Crippen LogP contribution in [0, 0.1) is 0 Å². The van der Waals surface area contributed by atoms with Crippen LogP contribution in [0.5, 0.6) is 0 Å². The number of halogens is 1. The van der Waals surface area contributed by atoms with Crippen molar-refractivity contribution in [3.8, 4) is 0 Å². The Morgan fingerprint density at radius 1 is 1.56 bits per heavy atom. The first-order chi connectivity index (χ1) is 7.33. The van der Waals surface area contributed by atoms with Crippen LogP contribution >= 0.6 is 11.6 Å². The number of hydrogen-bond donors (Lipinski definition) is 2. The highest BCUT2D eigenvalue weighted by Gasteiger charge is 2.20. The maximum Gasteiger partial charge on any atom is 0.371 e. The monoisotopic (exact) mass is 265 g/mol. The molecule has 0 aliphatic heterocycles. The van der Waals surface area contributed by atoms with Crippen LogP contribution in [-0.2, 0) is 10.0 Å². The Bertz CT molecular complexity index is 518. The molecule has 0 saturated carbocycles. The van der Waals surface area contributed by atoms with Crippen molar-refractivity contribution in [3.05, 3.63) is 29.5 Å². The van der Waals surface area contributed by atoms with Crippen LogP contribution in [-0.4, -0.2) is 26.0 Å². The van der Waals surface area contributed by atoms with Gasteiger partial charge in [-0.05, 0) is 12.1 Å². The standard InChI is InChI=1S/C8H8ClNO5S/c1-5(9)4-10-16(13,14)7-3-2-6(15-7)8(11)12/h2-3,10H,1,4H2,(H,11,12). The predicted molar refractivity (Wildman–Crippen MR) is 55.8 cm³/mol. The zero-order chi connectivity index (χ0) is 12.3. The van der Waals surface area contributed by atoms with Gasteiger partial charge < -0.3 is 9.52 Å². The first kappa shape index (κ1) is 12.8. The van der Waals surface area contributed by atoms with Crippen molar-refractivity contribution in [3.63, 3.8) is 0 Å². The highest BCUT2D eigenvalue weighted by molar-refractivity contribution is 7.89. The Morgan fingerprint density at radius 2 is 2.19 bits per heavy atom. The highest BCUT2D eigenvalue weighted by atomic mass is 35.5. The maximum atomic E-state index is 11.5. The number of carboxylic acid groups (broad SMARTS) is 1. The van der Waals surface area contributed by atoms with Crippen LogP contribution in [0.1, 0.15) is 10.6 Å². The number of carboxylic acids is 1. The fourth-order valence-corrected chi connectivity index (χ4v) is 1.92. The zero-order valence-corrected chi connectivity index (χ0v) is 9.51. The molecule has 0 aromatic carbocycles. The van der Waals surface area contributed by atoms with Gasteiger partial charge in [-0.25, -0.2) is 17.9 Å². The third-order valence-corrected chi connectivity index (χ3v) is 2.92. The summed E-state index contributed by atoms with van der Waals surface area (Å²) < 4.78 is 29.7. The summed E-state index contributed by atoms with van der Waals surface area (Å²) in [6.45, 7) is 3.14. The highest BCUT2D eigenvalue weighted by Crippen LogP contribution is 2.13. The van der Waals surface area contributed by atoms with Gasteiger partial charge in [0.05, 0.1) is 0 Å². The van der Waals surface area contributed by atoms with Crippen LogP contribution < -0.4 is 4.72 Å². The molecule has 1 heterocycles. The molecule has 0 saturated heterocycles. The van der Waals surface area contributed by atoms with E-state index in [0.717, 1.165) is 12.1 Å². The molecule has 2 N–H and O–H groups in total. The molecule has 0 fully saturated rings. The number of sulfonamides is 1. The largest absolute Gasteiger partial charge is 0.475 e. The molecule has 0 aliphatic rings. The van der Waals surface area contributed by atoms with Crippen molar-refractivity contribution in [1.29, 1.82) is 0 Å². The van der Waals surface area contributed by atoms with Gasteiger partial charge in [0.2, 0.25) is 10.9 Å². The Hall–Kier alpha value is -1.31. The van der Waals surface area contributed by atoms with Gasteiger partial charge in [0, 0.05) is 11.6 Å². The van der Waals surface area contributed by atoms with Crippen LogP contribution in [0.15, 0.2) is 33.3 Å². The van der Waals surface area contributed by atoms with Crippen LogP contribution in [0.3, 0.4) is 0 Å². The quantitative estimate of drug-likeness (QED) is 0.828. The lowest BCUT2D eigenvalue weighted by Crippen LogP contribution is -2.24. The van der Waals surface area contributed by atoms with Gasteiger partial charge in [-0.1, -0.05) is 18.2 Å². The van der Waals surface area contributed by atoms with E-state index in [4.69, 9.17) is 16.7 Å². The predicted octanol–water partition coefficient (Wildman–Crippen LogP) is 1.01. The average molecular weight is 266 g/mol. The summed E-state index contributed by atoms with van der Waals surface area (Å²) in [6, 6.07) is 2.09. The first-order valence-corrected chi connectivity index (χ1v) is 5.85. The molecule has 0 spiro atoms. The van der Waals surface area contributed by atoms with E-state index < -0.39 is 26.8 Å². The smallest absolute Gasteiger partial charge is 0.371 e. The number of furan rings is 1. The van der Waals surface area contributed by atoms with E-state index in [1.165, 1.54) is 0 Å². The number of hydrogen-bond acceptors (Lipinski definition) is 4. The topological polar surface area (TPSA) is 96.6 Å². The first-order valence-electron chi connectivity index (χ1n) is 3.99. The molecular weight excluding hydrogens is 258 g/mol. The Labute approximate surface area is 96.6 Å². The lowest BCUT2D eigenvalue weighted by Gasteiger charge is -2.01. The van der Waals surface area contributed by atoms with Crippen molar-refractivity contribution >= 4 is 27.6 Å². The summed E-state index contributed by atoms with van der Waals surface area (Å²) in [4.78, 5) is 10.5. The molecule has 88 valence electrons. The molecule has 0 aliphatic carbocycles. The molecule has 8 heteroatoms. The molecule has 1 aromatic rings. The number of rotatable bonds is 5. The second kappa shape index (κ2) is 4.69. The van der Waals surface area contributed by atoms with Crippen LogP contribution in [0.2, 0.25) is 0 Å². The second-order valence-corrected chi connectivity index (χ2v) is 5.00. The molecule has 0 radical (unpaired) electrons. The summed E-state index contributed by atoms with van der Waals surface area (Å²) in [5.41, 5.74) is 0. The second-order valence-electron chi connectivity index (χ2n) is 2.77. The summed E-state index contributed by atoms with van der Waals surface area (Å²) in [5.74, 6) is -1.80. The van der Waals surface area contributed by atoms with Crippen LogP contribution in [0.25, 0.3) is 0 Å². The molecular formula is C8H8ClNO5S. The van der Waals surface area contributed by atoms with E-state index >= 15 is 0 Å². The zero-order valence-electron chi connectivity index (χ0n) is 7.94. The number of carbonyl (C=O) groups is 1. The molecule has 1 rings (SSSR count). The van der Waals surface area contributed by atoms with Gasteiger partial charge >= 0.3 is 5.97 Å². The Kier molecular flexibility index (Phi) is 3.74. The molecule has 16 heavy (non-hydrogen) atoms. The summed E-state index contributed by atoms with van der Waals surface area (Å²) >= 11 is 5.38. The molecule has 0 amide bonds. The maximum absolute atomic E-state index is 11.5. The lowest BCUT2D eigenvalue weighted by molar-refractivity contribution is 0.0656. The fourth-order valence-electron chi connectivity index (χ4n) is 0.824. The van der Waals surface area contributed by atoms with Gasteiger partial charge in [-0.2, -0.15) is 0 Å². The molecule has 6 nitrogen and oxygen atoms in total. The van der Waals surface area contributed by atoms with Crippen molar-refractivity contribution in [1.82, 2.24) is 4.72 Å².